The first-order valence-corrected chi connectivity index (χ1v) is 8.72. The summed E-state index contributed by atoms with van der Waals surface area (Å²) >= 11 is 7.46. The highest BCUT2D eigenvalue weighted by molar-refractivity contribution is 7.20. The van der Waals surface area contributed by atoms with Gasteiger partial charge in [-0.1, -0.05) is 35.1 Å². The molecule has 0 fully saturated rings. The number of pyridine rings is 1. The first-order valence-electron chi connectivity index (χ1n) is 7.53. The van der Waals surface area contributed by atoms with E-state index < -0.39 is 0 Å². The van der Waals surface area contributed by atoms with Crippen molar-refractivity contribution in [2.75, 3.05) is 11.9 Å². The van der Waals surface area contributed by atoms with Crippen LogP contribution in [0.4, 0.5) is 5.13 Å². The van der Waals surface area contributed by atoms with Gasteiger partial charge in [-0.2, -0.15) is 0 Å². The van der Waals surface area contributed by atoms with Gasteiger partial charge in [0, 0.05) is 29.5 Å². The maximum absolute atomic E-state index is 5.92. The van der Waals surface area contributed by atoms with E-state index in [-0.39, 0.29) is 0 Å². The molecule has 1 N–H and O–H groups in total. The summed E-state index contributed by atoms with van der Waals surface area (Å²) in [5.74, 6) is 0. The predicted molar refractivity (Wildman–Crippen MR) is 97.7 cm³/mol. The zero-order valence-corrected chi connectivity index (χ0v) is 14.3. The highest BCUT2D eigenvalue weighted by atomic mass is 35.5. The highest BCUT2D eigenvalue weighted by Gasteiger charge is 2.09. The molecule has 1 aromatic carbocycles. The molecule has 120 valence electrons. The minimum Gasteiger partial charge on any atom is -0.360 e. The van der Waals surface area contributed by atoms with Crippen LogP contribution in [0.3, 0.4) is 0 Å². The normalized spacial score (nSPS) is 11.0. The Kier molecular flexibility index (Phi) is 4.15. The molecule has 0 aliphatic rings. The average molecular weight is 356 g/mol. The lowest BCUT2D eigenvalue weighted by Crippen LogP contribution is -2.04. The van der Waals surface area contributed by atoms with Gasteiger partial charge in [-0.05, 0) is 36.2 Å². The van der Waals surface area contributed by atoms with Crippen molar-refractivity contribution in [2.45, 2.75) is 6.42 Å². The third kappa shape index (κ3) is 3.25. The predicted octanol–water partition coefficient (Wildman–Crippen LogP) is 4.16. The first-order chi connectivity index (χ1) is 11.8. The fourth-order valence-corrected chi connectivity index (χ4v) is 3.33. The Morgan fingerprint density at radius 2 is 1.88 bits per heavy atom. The van der Waals surface area contributed by atoms with Crippen LogP contribution in [0.25, 0.3) is 16.2 Å². The van der Waals surface area contributed by atoms with Crippen molar-refractivity contribution in [2.24, 2.45) is 0 Å². The van der Waals surface area contributed by atoms with Gasteiger partial charge < -0.3 is 5.32 Å². The molecule has 0 spiro atoms. The minimum atomic E-state index is 0.721. The van der Waals surface area contributed by atoms with Gasteiger partial charge in [0.05, 0.1) is 11.9 Å². The van der Waals surface area contributed by atoms with Crippen LogP contribution in [0.1, 0.15) is 5.56 Å². The molecule has 0 bridgehead atoms. The molecule has 0 amide bonds. The Balaban J connectivity index is 1.44. The molecule has 7 heteroatoms. The van der Waals surface area contributed by atoms with Crippen LogP contribution >= 0.6 is 22.9 Å². The van der Waals surface area contributed by atoms with E-state index in [9.17, 15) is 0 Å². The average Bonchev–Trinajstić information content (AvgIpc) is 3.15. The topological polar surface area (TPSA) is 55.1 Å². The number of benzene rings is 1. The molecule has 4 rings (SSSR count). The van der Waals surface area contributed by atoms with Crippen molar-refractivity contribution >= 4 is 33.0 Å². The molecule has 0 atom stereocenters. The Morgan fingerprint density at radius 1 is 1.08 bits per heavy atom. The van der Waals surface area contributed by atoms with Crippen LogP contribution < -0.4 is 5.32 Å². The van der Waals surface area contributed by atoms with Gasteiger partial charge in [-0.3, -0.25) is 4.98 Å². The molecule has 4 aromatic rings. The second-order valence-corrected chi connectivity index (χ2v) is 6.69. The minimum absolute atomic E-state index is 0.721. The van der Waals surface area contributed by atoms with E-state index >= 15 is 0 Å². The van der Waals surface area contributed by atoms with E-state index in [0.717, 1.165) is 39.3 Å². The smallest absolute Gasteiger partial charge is 0.214 e. The zero-order valence-electron chi connectivity index (χ0n) is 12.7. The number of nitrogens with one attached hydrogen (secondary N) is 1. The van der Waals surface area contributed by atoms with Gasteiger partial charge in [0.15, 0.2) is 0 Å². The van der Waals surface area contributed by atoms with Crippen LogP contribution in [0.5, 0.6) is 0 Å². The number of halogens is 1. The molecule has 0 unspecified atom stereocenters. The van der Waals surface area contributed by atoms with E-state index in [2.05, 4.69) is 20.4 Å². The van der Waals surface area contributed by atoms with E-state index in [4.69, 9.17) is 11.6 Å². The molecule has 0 saturated heterocycles. The molecule has 0 aliphatic heterocycles. The molecule has 3 aromatic heterocycles. The number of hydrogen-bond donors (Lipinski definition) is 1. The number of fused-ring (bicyclic) bond motifs is 1. The summed E-state index contributed by atoms with van der Waals surface area (Å²) < 4.78 is 1.81. The Morgan fingerprint density at radius 3 is 2.62 bits per heavy atom. The first kappa shape index (κ1) is 15.1. The van der Waals surface area contributed by atoms with Crippen LogP contribution in [0.15, 0.2) is 55.0 Å². The second kappa shape index (κ2) is 6.59. The van der Waals surface area contributed by atoms with E-state index in [1.807, 2.05) is 59.5 Å². The fourth-order valence-electron chi connectivity index (χ4n) is 2.39. The molecule has 3 heterocycles. The molecule has 5 nitrogen and oxygen atoms in total. The summed E-state index contributed by atoms with van der Waals surface area (Å²) in [5.41, 5.74) is 3.18. The summed E-state index contributed by atoms with van der Waals surface area (Å²) in [6.45, 7) is 0.824. The third-order valence-electron chi connectivity index (χ3n) is 3.62. The zero-order chi connectivity index (χ0) is 16.4. The van der Waals surface area contributed by atoms with Crippen molar-refractivity contribution in [1.29, 1.82) is 0 Å². The van der Waals surface area contributed by atoms with Gasteiger partial charge in [0.25, 0.3) is 0 Å². The lowest BCUT2D eigenvalue weighted by molar-refractivity contribution is 0.947. The third-order valence-corrected chi connectivity index (χ3v) is 4.75. The number of nitrogens with zero attached hydrogens (tertiary/aromatic N) is 4. The van der Waals surface area contributed by atoms with Crippen LogP contribution in [-0.2, 0) is 6.42 Å². The maximum Gasteiger partial charge on any atom is 0.214 e. The summed E-state index contributed by atoms with van der Waals surface area (Å²) in [7, 11) is 0. The lowest BCUT2D eigenvalue weighted by Gasteiger charge is -2.01. The number of imidazole rings is 1. The Bertz CT molecular complexity index is 915. The van der Waals surface area contributed by atoms with Gasteiger partial charge >= 0.3 is 0 Å². The molecule has 0 saturated carbocycles. The molecule has 24 heavy (non-hydrogen) atoms. The van der Waals surface area contributed by atoms with E-state index in [0.29, 0.717) is 0 Å². The summed E-state index contributed by atoms with van der Waals surface area (Å²) in [6.07, 6.45) is 6.49. The number of aromatic nitrogens is 4. The Labute approximate surface area is 148 Å². The standard InChI is InChI=1S/C17H14ClN5S/c18-14-3-1-13(2-4-14)15-11-23-17(21-15)24-16(22-23)20-10-7-12-5-8-19-9-6-12/h1-6,8-9,11H,7,10H2,(H,20,22). The molecular weight excluding hydrogens is 342 g/mol. The Hall–Kier alpha value is -2.44. The van der Waals surface area contributed by atoms with Crippen molar-refractivity contribution < 1.29 is 0 Å². The summed E-state index contributed by atoms with van der Waals surface area (Å²) in [6, 6.07) is 11.7. The highest BCUT2D eigenvalue weighted by Crippen LogP contribution is 2.25. The van der Waals surface area contributed by atoms with Crippen molar-refractivity contribution in [3.8, 4) is 11.3 Å². The van der Waals surface area contributed by atoms with Crippen LogP contribution in [0, 0.1) is 0 Å². The SMILES string of the molecule is Clc1ccc(-c2cn3nc(NCCc4ccncc4)sc3n2)cc1. The van der Waals surface area contributed by atoms with Gasteiger partial charge in [-0.15, -0.1) is 5.10 Å². The van der Waals surface area contributed by atoms with Crippen molar-refractivity contribution in [3.63, 3.8) is 0 Å². The summed E-state index contributed by atoms with van der Waals surface area (Å²) in [4.78, 5) is 9.52. The van der Waals surface area contributed by atoms with Crippen molar-refractivity contribution in [1.82, 2.24) is 19.6 Å². The maximum atomic E-state index is 5.92. The largest absolute Gasteiger partial charge is 0.360 e. The number of rotatable bonds is 5. The van der Waals surface area contributed by atoms with Gasteiger partial charge in [0.2, 0.25) is 10.1 Å². The monoisotopic (exact) mass is 355 g/mol. The second-order valence-electron chi connectivity index (χ2n) is 5.30. The van der Waals surface area contributed by atoms with E-state index in [1.165, 1.54) is 5.56 Å². The summed E-state index contributed by atoms with van der Waals surface area (Å²) in [5, 5.41) is 9.47. The lowest BCUT2D eigenvalue weighted by atomic mass is 10.2. The quantitative estimate of drug-likeness (QED) is 0.584. The molecular formula is C17H14ClN5S. The number of hydrogen-bond acceptors (Lipinski definition) is 5. The molecule has 0 aliphatic carbocycles. The van der Waals surface area contributed by atoms with E-state index in [1.54, 1.807) is 11.3 Å². The number of anilines is 1. The fraction of sp³-hybridized carbons (Fsp3) is 0.118. The molecule has 0 radical (unpaired) electrons. The van der Waals surface area contributed by atoms with Crippen molar-refractivity contribution in [3.05, 3.63) is 65.6 Å². The van der Waals surface area contributed by atoms with Crippen LogP contribution in [0.2, 0.25) is 5.02 Å². The van der Waals surface area contributed by atoms with Crippen LogP contribution in [-0.4, -0.2) is 26.1 Å². The van der Waals surface area contributed by atoms with Gasteiger partial charge in [-0.25, -0.2) is 9.50 Å². The van der Waals surface area contributed by atoms with Gasteiger partial charge in [0.1, 0.15) is 0 Å².